The number of carbonyl (C=O) groups is 1. The highest BCUT2D eigenvalue weighted by atomic mass is 35.5. The van der Waals surface area contributed by atoms with Crippen molar-refractivity contribution in [3.63, 3.8) is 0 Å². The van der Waals surface area contributed by atoms with Crippen LogP contribution in [0.1, 0.15) is 10.4 Å². The molecule has 0 saturated heterocycles. The van der Waals surface area contributed by atoms with E-state index in [0.717, 1.165) is 0 Å². The Hall–Kier alpha value is -2.15. The number of nitrogens with one attached hydrogen (secondary N) is 1. The number of anilines is 2. The monoisotopic (exact) mass is 252 g/mol. The molecule has 8 heteroatoms. The second-order valence-electron chi connectivity index (χ2n) is 3.30. The van der Waals surface area contributed by atoms with E-state index in [1.165, 1.54) is 10.9 Å². The van der Waals surface area contributed by atoms with Crippen LogP contribution in [0.25, 0.3) is 0 Å². The summed E-state index contributed by atoms with van der Waals surface area (Å²) >= 11 is 5.88. The zero-order valence-electron chi connectivity index (χ0n) is 8.88. The normalized spacial score (nSPS) is 10.2. The molecule has 0 fully saturated rings. The van der Waals surface area contributed by atoms with Crippen molar-refractivity contribution in [3.05, 3.63) is 28.8 Å². The number of carbonyl (C=O) groups excluding carboxylic acids is 1. The SMILES string of the molecule is Cn1nnc(NC(=O)c2cc(N)ccc2Cl)n1. The molecule has 0 unspecified atom stereocenters. The Morgan fingerprint density at radius 3 is 2.94 bits per heavy atom. The van der Waals surface area contributed by atoms with Crippen molar-refractivity contribution in [1.82, 2.24) is 20.2 Å². The summed E-state index contributed by atoms with van der Waals surface area (Å²) in [4.78, 5) is 13.1. The maximum Gasteiger partial charge on any atom is 0.270 e. The van der Waals surface area contributed by atoms with Crippen molar-refractivity contribution in [2.45, 2.75) is 0 Å². The number of tetrazole rings is 1. The number of hydrogen-bond acceptors (Lipinski definition) is 5. The van der Waals surface area contributed by atoms with Crippen molar-refractivity contribution in [2.24, 2.45) is 7.05 Å². The molecule has 0 saturated carbocycles. The summed E-state index contributed by atoms with van der Waals surface area (Å²) in [5.41, 5.74) is 6.29. The quantitative estimate of drug-likeness (QED) is 0.767. The largest absolute Gasteiger partial charge is 0.399 e. The zero-order valence-corrected chi connectivity index (χ0v) is 9.64. The van der Waals surface area contributed by atoms with Crippen LogP contribution in [-0.2, 0) is 7.05 Å². The van der Waals surface area contributed by atoms with Crippen LogP contribution < -0.4 is 11.1 Å². The van der Waals surface area contributed by atoms with Crippen LogP contribution in [0, 0.1) is 0 Å². The third kappa shape index (κ3) is 2.51. The number of rotatable bonds is 2. The molecular weight excluding hydrogens is 244 g/mol. The van der Waals surface area contributed by atoms with Crippen molar-refractivity contribution in [1.29, 1.82) is 0 Å². The number of aromatic nitrogens is 4. The van der Waals surface area contributed by atoms with Crippen LogP contribution in [0.4, 0.5) is 11.6 Å². The molecule has 2 aromatic rings. The number of nitrogens with two attached hydrogens (primary N) is 1. The number of hydrogen-bond donors (Lipinski definition) is 2. The third-order valence-electron chi connectivity index (χ3n) is 1.97. The molecule has 1 aromatic heterocycles. The van der Waals surface area contributed by atoms with E-state index in [4.69, 9.17) is 17.3 Å². The predicted molar refractivity (Wildman–Crippen MR) is 62.6 cm³/mol. The van der Waals surface area contributed by atoms with Crippen LogP contribution in [0.2, 0.25) is 5.02 Å². The minimum atomic E-state index is -0.435. The summed E-state index contributed by atoms with van der Waals surface area (Å²) in [6.07, 6.45) is 0. The smallest absolute Gasteiger partial charge is 0.270 e. The van der Waals surface area contributed by atoms with Gasteiger partial charge in [-0.15, -0.1) is 5.10 Å². The Labute approximate surface area is 102 Å². The Balaban J connectivity index is 2.22. The van der Waals surface area contributed by atoms with Gasteiger partial charge in [-0.3, -0.25) is 10.1 Å². The summed E-state index contributed by atoms with van der Waals surface area (Å²) in [7, 11) is 1.59. The van der Waals surface area contributed by atoms with Gasteiger partial charge in [0.25, 0.3) is 11.9 Å². The second-order valence-corrected chi connectivity index (χ2v) is 3.70. The molecule has 0 radical (unpaired) electrons. The third-order valence-corrected chi connectivity index (χ3v) is 2.30. The lowest BCUT2D eigenvalue weighted by molar-refractivity contribution is 0.102. The zero-order chi connectivity index (χ0) is 12.4. The van der Waals surface area contributed by atoms with Gasteiger partial charge in [-0.2, -0.15) is 4.80 Å². The Kier molecular flexibility index (Phi) is 2.92. The summed E-state index contributed by atoms with van der Waals surface area (Å²) in [5.74, 6) is -0.328. The molecule has 0 aliphatic heterocycles. The van der Waals surface area contributed by atoms with E-state index in [0.29, 0.717) is 10.7 Å². The number of benzene rings is 1. The lowest BCUT2D eigenvalue weighted by atomic mass is 10.2. The molecule has 7 nitrogen and oxygen atoms in total. The van der Waals surface area contributed by atoms with Crippen LogP contribution in [0.15, 0.2) is 18.2 Å². The topological polar surface area (TPSA) is 98.7 Å². The first-order valence-corrected chi connectivity index (χ1v) is 5.04. The Morgan fingerprint density at radius 1 is 1.53 bits per heavy atom. The van der Waals surface area contributed by atoms with Gasteiger partial charge < -0.3 is 5.73 Å². The van der Waals surface area contributed by atoms with Crippen LogP contribution in [0.3, 0.4) is 0 Å². The number of halogens is 1. The number of aryl methyl sites for hydroxylation is 1. The van der Waals surface area contributed by atoms with Gasteiger partial charge in [0.1, 0.15) is 0 Å². The number of nitrogen functional groups attached to an aromatic ring is 1. The van der Waals surface area contributed by atoms with Gasteiger partial charge in [-0.25, -0.2) is 0 Å². The molecule has 3 N–H and O–H groups in total. The second kappa shape index (κ2) is 4.38. The molecule has 1 aromatic carbocycles. The van der Waals surface area contributed by atoms with E-state index in [1.54, 1.807) is 19.2 Å². The van der Waals surface area contributed by atoms with Crippen molar-refractivity contribution in [2.75, 3.05) is 11.1 Å². The van der Waals surface area contributed by atoms with Crippen LogP contribution >= 0.6 is 11.6 Å². The van der Waals surface area contributed by atoms with Gasteiger partial charge in [0.15, 0.2) is 0 Å². The lowest BCUT2D eigenvalue weighted by Gasteiger charge is -2.04. The van der Waals surface area contributed by atoms with Gasteiger partial charge in [0, 0.05) is 5.69 Å². The molecule has 1 heterocycles. The van der Waals surface area contributed by atoms with E-state index in [-0.39, 0.29) is 11.5 Å². The number of nitrogens with zero attached hydrogens (tertiary/aromatic N) is 4. The van der Waals surface area contributed by atoms with Gasteiger partial charge in [-0.1, -0.05) is 16.7 Å². The van der Waals surface area contributed by atoms with E-state index >= 15 is 0 Å². The molecule has 0 atom stereocenters. The molecule has 17 heavy (non-hydrogen) atoms. The molecule has 1 amide bonds. The summed E-state index contributed by atoms with van der Waals surface area (Å²) in [6.45, 7) is 0. The predicted octanol–water partition coefficient (Wildman–Crippen LogP) is 0.698. The van der Waals surface area contributed by atoms with Crippen molar-refractivity contribution < 1.29 is 4.79 Å². The molecule has 0 aliphatic carbocycles. The minimum absolute atomic E-state index is 0.107. The minimum Gasteiger partial charge on any atom is -0.399 e. The first-order chi connectivity index (χ1) is 8.06. The fourth-order valence-corrected chi connectivity index (χ4v) is 1.42. The maximum absolute atomic E-state index is 11.8. The first kappa shape index (κ1) is 11.3. The van der Waals surface area contributed by atoms with Crippen molar-refractivity contribution in [3.8, 4) is 0 Å². The van der Waals surface area contributed by atoms with Gasteiger partial charge >= 0.3 is 0 Å². The Bertz CT molecular complexity index is 566. The molecule has 0 aliphatic rings. The lowest BCUT2D eigenvalue weighted by Crippen LogP contribution is -2.14. The molecule has 0 spiro atoms. The highest BCUT2D eigenvalue weighted by Gasteiger charge is 2.13. The van der Waals surface area contributed by atoms with Crippen LogP contribution in [-0.4, -0.2) is 26.1 Å². The molecule has 2 rings (SSSR count). The number of amides is 1. The maximum atomic E-state index is 11.8. The highest BCUT2D eigenvalue weighted by Crippen LogP contribution is 2.19. The fraction of sp³-hybridized carbons (Fsp3) is 0.111. The van der Waals surface area contributed by atoms with E-state index in [2.05, 4.69) is 20.7 Å². The van der Waals surface area contributed by atoms with E-state index in [1.807, 2.05) is 0 Å². The molecular formula is C9H9ClN6O. The average Bonchev–Trinajstić information content (AvgIpc) is 2.67. The average molecular weight is 253 g/mol. The summed E-state index contributed by atoms with van der Waals surface area (Å²) in [5, 5.41) is 13.8. The molecule has 88 valence electrons. The van der Waals surface area contributed by atoms with Gasteiger partial charge in [-0.05, 0) is 23.4 Å². The van der Waals surface area contributed by atoms with E-state index in [9.17, 15) is 4.79 Å². The fourth-order valence-electron chi connectivity index (χ4n) is 1.22. The first-order valence-electron chi connectivity index (χ1n) is 4.66. The Morgan fingerprint density at radius 2 is 2.29 bits per heavy atom. The summed E-state index contributed by atoms with van der Waals surface area (Å²) in [6, 6.07) is 4.64. The standard InChI is InChI=1S/C9H9ClN6O/c1-16-14-9(13-15-16)12-8(17)6-4-5(11)2-3-7(6)10/h2-4H,11H2,1H3,(H,12,14,17). The van der Waals surface area contributed by atoms with Crippen molar-refractivity contribution >= 4 is 29.1 Å². The van der Waals surface area contributed by atoms with Gasteiger partial charge in [0.05, 0.1) is 17.6 Å². The van der Waals surface area contributed by atoms with Gasteiger partial charge in [0.2, 0.25) is 0 Å². The highest BCUT2D eigenvalue weighted by molar-refractivity contribution is 6.34. The summed E-state index contributed by atoms with van der Waals surface area (Å²) < 4.78 is 0. The molecule has 0 bridgehead atoms. The van der Waals surface area contributed by atoms with E-state index < -0.39 is 5.91 Å². The van der Waals surface area contributed by atoms with Crippen LogP contribution in [0.5, 0.6) is 0 Å².